The first-order valence-corrected chi connectivity index (χ1v) is 8.83. The van der Waals surface area contributed by atoms with Gasteiger partial charge in [0.25, 0.3) is 5.91 Å². The molecule has 6 nitrogen and oxygen atoms in total. The second-order valence-electron chi connectivity index (χ2n) is 5.99. The topological polar surface area (TPSA) is 66.7 Å². The molecule has 2 aromatic rings. The summed E-state index contributed by atoms with van der Waals surface area (Å²) in [5.74, 6) is -0.106. The molecule has 1 fully saturated rings. The molecule has 1 aromatic carbocycles. The van der Waals surface area contributed by atoms with Crippen LogP contribution >= 0.6 is 23.2 Å². The van der Waals surface area contributed by atoms with E-state index in [0.717, 1.165) is 5.56 Å². The molecule has 0 bridgehead atoms. The molecule has 0 radical (unpaired) electrons. The summed E-state index contributed by atoms with van der Waals surface area (Å²) in [4.78, 5) is 28.0. The monoisotopic (exact) mass is 393 g/mol. The zero-order valence-electron chi connectivity index (χ0n) is 14.1. The SMILES string of the molecule is Cc1cc(C(=O)N2CCN(C(=O)/C=C/c3cc(Cl)cc(Cl)c3)CC2)on1. The van der Waals surface area contributed by atoms with Gasteiger partial charge in [-0.25, -0.2) is 0 Å². The number of halogens is 2. The average Bonchev–Trinajstić information content (AvgIpc) is 3.05. The van der Waals surface area contributed by atoms with Gasteiger partial charge in [-0.15, -0.1) is 0 Å². The Hall–Kier alpha value is -2.31. The first-order valence-electron chi connectivity index (χ1n) is 8.08. The molecule has 0 unspecified atom stereocenters. The van der Waals surface area contributed by atoms with Gasteiger partial charge in [-0.2, -0.15) is 0 Å². The lowest BCUT2D eigenvalue weighted by Gasteiger charge is -2.33. The van der Waals surface area contributed by atoms with Crippen LogP contribution in [0.4, 0.5) is 0 Å². The molecule has 8 heteroatoms. The number of amides is 2. The minimum absolute atomic E-state index is 0.122. The summed E-state index contributed by atoms with van der Waals surface area (Å²) < 4.78 is 5.01. The third kappa shape index (κ3) is 4.45. The van der Waals surface area contributed by atoms with Gasteiger partial charge in [0.1, 0.15) is 0 Å². The lowest BCUT2D eigenvalue weighted by Crippen LogP contribution is -2.50. The van der Waals surface area contributed by atoms with E-state index in [1.54, 1.807) is 47.1 Å². The summed E-state index contributed by atoms with van der Waals surface area (Å²) in [5, 5.41) is 4.75. The fourth-order valence-corrected chi connectivity index (χ4v) is 3.24. The van der Waals surface area contributed by atoms with Gasteiger partial charge in [0.2, 0.25) is 11.7 Å². The third-order valence-corrected chi connectivity index (χ3v) is 4.46. The van der Waals surface area contributed by atoms with Crippen LogP contribution in [0.1, 0.15) is 21.8 Å². The Morgan fingerprint density at radius 2 is 1.65 bits per heavy atom. The van der Waals surface area contributed by atoms with E-state index in [2.05, 4.69) is 5.16 Å². The number of carbonyl (C=O) groups excluding carboxylic acids is 2. The Balaban J connectivity index is 1.56. The molecule has 0 aliphatic carbocycles. The first-order chi connectivity index (χ1) is 12.4. The van der Waals surface area contributed by atoms with Gasteiger partial charge in [0, 0.05) is 48.4 Å². The molecule has 1 aliphatic heterocycles. The van der Waals surface area contributed by atoms with Crippen LogP contribution in [-0.2, 0) is 4.79 Å². The number of hydrogen-bond acceptors (Lipinski definition) is 4. The number of carbonyl (C=O) groups is 2. The lowest BCUT2D eigenvalue weighted by molar-refractivity contribution is -0.127. The van der Waals surface area contributed by atoms with Crippen molar-refractivity contribution in [3.05, 3.63) is 57.4 Å². The first kappa shape index (κ1) is 18.5. The molecule has 2 amide bonds. The van der Waals surface area contributed by atoms with Crippen molar-refractivity contribution < 1.29 is 14.1 Å². The van der Waals surface area contributed by atoms with Crippen molar-refractivity contribution in [3.63, 3.8) is 0 Å². The summed E-state index contributed by atoms with van der Waals surface area (Å²) in [7, 11) is 0. The van der Waals surface area contributed by atoms with Crippen LogP contribution in [0.3, 0.4) is 0 Å². The largest absolute Gasteiger partial charge is 0.351 e. The lowest BCUT2D eigenvalue weighted by atomic mass is 10.2. The van der Waals surface area contributed by atoms with E-state index in [1.165, 1.54) is 6.08 Å². The molecule has 1 saturated heterocycles. The molecule has 0 N–H and O–H groups in total. The fraction of sp³-hybridized carbons (Fsp3) is 0.278. The van der Waals surface area contributed by atoms with Gasteiger partial charge in [-0.1, -0.05) is 28.4 Å². The number of benzene rings is 1. The maximum atomic E-state index is 12.3. The number of piperazine rings is 1. The Kier molecular flexibility index (Phi) is 5.64. The number of aromatic nitrogens is 1. The van der Waals surface area contributed by atoms with Crippen LogP contribution in [0.5, 0.6) is 0 Å². The molecule has 0 atom stereocenters. The van der Waals surface area contributed by atoms with E-state index in [-0.39, 0.29) is 17.6 Å². The maximum absolute atomic E-state index is 12.3. The van der Waals surface area contributed by atoms with Crippen LogP contribution in [0, 0.1) is 6.92 Å². The summed E-state index contributed by atoms with van der Waals surface area (Å²) in [6.07, 6.45) is 3.16. The summed E-state index contributed by atoms with van der Waals surface area (Å²) in [5.41, 5.74) is 1.42. The number of rotatable bonds is 3. The predicted molar refractivity (Wildman–Crippen MR) is 99.2 cm³/mol. The molecular formula is C18H17Cl2N3O3. The minimum atomic E-state index is -0.207. The molecule has 1 aromatic heterocycles. The minimum Gasteiger partial charge on any atom is -0.351 e. The highest BCUT2D eigenvalue weighted by atomic mass is 35.5. The van der Waals surface area contributed by atoms with E-state index >= 15 is 0 Å². The average molecular weight is 394 g/mol. The quantitative estimate of drug-likeness (QED) is 0.750. The van der Waals surface area contributed by atoms with E-state index in [9.17, 15) is 9.59 Å². The maximum Gasteiger partial charge on any atom is 0.292 e. The molecular weight excluding hydrogens is 377 g/mol. The summed E-state index contributed by atoms with van der Waals surface area (Å²) in [6.45, 7) is 3.56. The van der Waals surface area contributed by atoms with Gasteiger partial charge in [0.05, 0.1) is 5.69 Å². The molecule has 3 rings (SSSR count). The second-order valence-corrected chi connectivity index (χ2v) is 6.86. The molecule has 0 saturated carbocycles. The zero-order valence-corrected chi connectivity index (χ0v) is 15.6. The van der Waals surface area contributed by atoms with Gasteiger partial charge < -0.3 is 14.3 Å². The standard InChI is InChI=1S/C18H17Cl2N3O3/c1-12-8-16(26-21-12)18(25)23-6-4-22(5-7-23)17(24)3-2-13-9-14(19)11-15(20)10-13/h2-3,8-11H,4-7H2,1H3/b3-2+. The van der Waals surface area contributed by atoms with E-state index < -0.39 is 0 Å². The Bertz CT molecular complexity index is 835. The normalized spacial score (nSPS) is 14.9. The van der Waals surface area contributed by atoms with Crippen molar-refractivity contribution in [1.82, 2.24) is 15.0 Å². The van der Waals surface area contributed by atoms with Crippen molar-refractivity contribution in [1.29, 1.82) is 0 Å². The molecule has 2 heterocycles. The smallest absolute Gasteiger partial charge is 0.292 e. The van der Waals surface area contributed by atoms with E-state index in [0.29, 0.717) is 41.9 Å². The second kappa shape index (κ2) is 7.93. The molecule has 0 spiro atoms. The summed E-state index contributed by atoms with van der Waals surface area (Å²) in [6, 6.07) is 6.70. The van der Waals surface area contributed by atoms with Crippen LogP contribution in [0.2, 0.25) is 10.0 Å². The zero-order chi connectivity index (χ0) is 18.7. The molecule has 26 heavy (non-hydrogen) atoms. The van der Waals surface area contributed by atoms with E-state index in [1.807, 2.05) is 0 Å². The van der Waals surface area contributed by atoms with Crippen molar-refractivity contribution in [3.8, 4) is 0 Å². The highest BCUT2D eigenvalue weighted by Crippen LogP contribution is 2.20. The van der Waals surface area contributed by atoms with Gasteiger partial charge in [-0.3, -0.25) is 9.59 Å². The number of hydrogen-bond donors (Lipinski definition) is 0. The molecule has 1 aliphatic rings. The van der Waals surface area contributed by atoms with Crippen LogP contribution < -0.4 is 0 Å². The highest BCUT2D eigenvalue weighted by Gasteiger charge is 2.26. The van der Waals surface area contributed by atoms with Gasteiger partial charge >= 0.3 is 0 Å². The molecule has 136 valence electrons. The third-order valence-electron chi connectivity index (χ3n) is 4.02. The van der Waals surface area contributed by atoms with Crippen LogP contribution in [0.15, 0.2) is 34.9 Å². The van der Waals surface area contributed by atoms with Crippen LogP contribution in [-0.4, -0.2) is 52.9 Å². The van der Waals surface area contributed by atoms with Gasteiger partial charge in [0.15, 0.2) is 0 Å². The Labute approximate surface area is 160 Å². The van der Waals surface area contributed by atoms with Crippen LogP contribution in [0.25, 0.3) is 6.08 Å². The number of nitrogens with zero attached hydrogens (tertiary/aromatic N) is 3. The van der Waals surface area contributed by atoms with Crippen molar-refractivity contribution >= 4 is 41.1 Å². The Morgan fingerprint density at radius 1 is 1.04 bits per heavy atom. The van der Waals surface area contributed by atoms with Gasteiger partial charge in [-0.05, 0) is 36.8 Å². The predicted octanol–water partition coefficient (Wildman–Crippen LogP) is 3.29. The van der Waals surface area contributed by atoms with Crippen molar-refractivity contribution in [2.75, 3.05) is 26.2 Å². The highest BCUT2D eigenvalue weighted by molar-refractivity contribution is 6.34. The number of aryl methyl sites for hydroxylation is 1. The van der Waals surface area contributed by atoms with Crippen molar-refractivity contribution in [2.24, 2.45) is 0 Å². The fourth-order valence-electron chi connectivity index (χ4n) is 2.69. The van der Waals surface area contributed by atoms with Crippen molar-refractivity contribution in [2.45, 2.75) is 6.92 Å². The Morgan fingerprint density at radius 3 is 2.23 bits per heavy atom. The summed E-state index contributed by atoms with van der Waals surface area (Å²) >= 11 is 11.9. The van der Waals surface area contributed by atoms with E-state index in [4.69, 9.17) is 27.7 Å².